The molecule has 0 fully saturated rings. The van der Waals surface area contributed by atoms with Gasteiger partial charge >= 0.3 is 17.9 Å². The maximum absolute atomic E-state index is 12.3. The topological polar surface area (TPSA) is 78.9 Å². The number of hydrogen-bond donors (Lipinski definition) is 0. The molecule has 0 saturated carbocycles. The van der Waals surface area contributed by atoms with Crippen LogP contribution < -0.4 is 0 Å². The van der Waals surface area contributed by atoms with Crippen molar-refractivity contribution >= 4 is 17.9 Å². The lowest BCUT2D eigenvalue weighted by atomic mass is 9.71. The molecule has 6 heteroatoms. The first kappa shape index (κ1) is 19.9. The summed E-state index contributed by atoms with van der Waals surface area (Å²) in [5.41, 5.74) is 0.148. The number of carbonyl (C=O) groups is 3. The smallest absolute Gasteiger partial charge is 0.331 e. The Morgan fingerprint density at radius 1 is 1.17 bits per heavy atom. The van der Waals surface area contributed by atoms with Crippen LogP contribution in [0.1, 0.15) is 46.0 Å². The van der Waals surface area contributed by atoms with Gasteiger partial charge in [0.15, 0.2) is 5.41 Å². The van der Waals surface area contributed by atoms with E-state index < -0.39 is 23.3 Å². The molecule has 0 aromatic rings. The zero-order valence-electron chi connectivity index (χ0n) is 14.8. The molecule has 1 aliphatic rings. The highest BCUT2D eigenvalue weighted by atomic mass is 16.5. The fourth-order valence-electron chi connectivity index (χ4n) is 2.82. The largest absolute Gasteiger partial charge is 0.468 e. The lowest BCUT2D eigenvalue weighted by Gasteiger charge is -2.32. The highest BCUT2D eigenvalue weighted by molar-refractivity contribution is 6.01. The fourth-order valence-corrected chi connectivity index (χ4v) is 2.82. The molecule has 0 saturated heterocycles. The predicted octanol–water partition coefficient (Wildman–Crippen LogP) is 2.72. The van der Waals surface area contributed by atoms with Crippen LogP contribution >= 0.6 is 0 Å². The number of carbonyl (C=O) groups excluding carboxylic acids is 3. The number of ether oxygens (including phenoxy) is 3. The zero-order valence-corrected chi connectivity index (χ0v) is 14.8. The zero-order chi connectivity index (χ0) is 18.2. The Kier molecular flexibility index (Phi) is 7.68. The van der Waals surface area contributed by atoms with Crippen LogP contribution in [0.2, 0.25) is 0 Å². The van der Waals surface area contributed by atoms with E-state index in [9.17, 15) is 14.4 Å². The standard InChI is InChI=1S/C18H26O6/c1-5-7-8-13-9-10-18(16(20)22-3,17(21)23-4)12-14(13)11-15(19)24-6-2/h9,11H,5-8,10,12H2,1-4H3/b14-11+. The number of allylic oxidation sites excluding steroid dienone is 3. The second-order valence-electron chi connectivity index (χ2n) is 5.70. The molecule has 1 rings (SSSR count). The van der Waals surface area contributed by atoms with Gasteiger partial charge in [-0.2, -0.15) is 0 Å². The predicted molar refractivity (Wildman–Crippen MR) is 88.0 cm³/mol. The molecule has 0 bridgehead atoms. The van der Waals surface area contributed by atoms with E-state index in [4.69, 9.17) is 14.2 Å². The summed E-state index contributed by atoms with van der Waals surface area (Å²) in [6.07, 6.45) is 6.20. The van der Waals surface area contributed by atoms with Gasteiger partial charge in [-0.1, -0.05) is 19.4 Å². The fraction of sp³-hybridized carbons (Fsp3) is 0.611. The van der Waals surface area contributed by atoms with Gasteiger partial charge in [0.05, 0.1) is 20.8 Å². The van der Waals surface area contributed by atoms with E-state index in [1.165, 1.54) is 20.3 Å². The number of methoxy groups -OCH3 is 2. The normalized spacial score (nSPS) is 17.8. The highest BCUT2D eigenvalue weighted by Crippen LogP contribution is 2.42. The van der Waals surface area contributed by atoms with Crippen LogP contribution in [0.4, 0.5) is 0 Å². The Balaban J connectivity index is 3.26. The second-order valence-corrected chi connectivity index (χ2v) is 5.70. The van der Waals surface area contributed by atoms with Crippen LogP contribution in [0.3, 0.4) is 0 Å². The molecule has 0 heterocycles. The lowest BCUT2D eigenvalue weighted by molar-refractivity contribution is -0.169. The van der Waals surface area contributed by atoms with Crippen molar-refractivity contribution in [3.05, 3.63) is 23.3 Å². The van der Waals surface area contributed by atoms with Crippen LogP contribution in [-0.2, 0) is 28.6 Å². The van der Waals surface area contributed by atoms with Gasteiger partial charge in [0.25, 0.3) is 0 Å². The number of hydrogen-bond acceptors (Lipinski definition) is 6. The molecule has 0 aromatic carbocycles. The molecule has 134 valence electrons. The van der Waals surface area contributed by atoms with Crippen molar-refractivity contribution in [3.63, 3.8) is 0 Å². The molecular weight excluding hydrogens is 312 g/mol. The average molecular weight is 338 g/mol. The van der Waals surface area contributed by atoms with Gasteiger partial charge in [-0.15, -0.1) is 0 Å². The summed E-state index contributed by atoms with van der Waals surface area (Å²) in [6, 6.07) is 0. The van der Waals surface area contributed by atoms with Gasteiger partial charge in [0.1, 0.15) is 0 Å². The van der Waals surface area contributed by atoms with Gasteiger partial charge in [-0.25, -0.2) is 4.79 Å². The van der Waals surface area contributed by atoms with E-state index in [0.29, 0.717) is 5.57 Å². The Morgan fingerprint density at radius 3 is 2.29 bits per heavy atom. The molecule has 1 aliphatic carbocycles. The SMILES string of the molecule is CCCCC1=CCC(C(=O)OC)(C(=O)OC)C/C1=C\C(=O)OCC. The summed E-state index contributed by atoms with van der Waals surface area (Å²) in [5, 5.41) is 0. The Morgan fingerprint density at radius 2 is 1.79 bits per heavy atom. The molecule has 0 aromatic heterocycles. The molecular formula is C18H26O6. The third kappa shape index (κ3) is 4.46. The number of unbranched alkanes of at least 4 members (excludes halogenated alkanes) is 1. The summed E-state index contributed by atoms with van der Waals surface area (Å²) >= 11 is 0. The summed E-state index contributed by atoms with van der Waals surface area (Å²) < 4.78 is 14.6. The van der Waals surface area contributed by atoms with Crippen molar-refractivity contribution in [2.75, 3.05) is 20.8 Å². The molecule has 0 atom stereocenters. The molecule has 0 N–H and O–H groups in total. The van der Waals surface area contributed by atoms with E-state index in [0.717, 1.165) is 24.8 Å². The minimum Gasteiger partial charge on any atom is -0.468 e. The van der Waals surface area contributed by atoms with Crippen LogP contribution in [0, 0.1) is 5.41 Å². The van der Waals surface area contributed by atoms with Crippen molar-refractivity contribution in [1.82, 2.24) is 0 Å². The van der Waals surface area contributed by atoms with E-state index in [-0.39, 0.29) is 19.4 Å². The van der Waals surface area contributed by atoms with Gasteiger partial charge < -0.3 is 14.2 Å². The molecule has 0 spiro atoms. The van der Waals surface area contributed by atoms with Gasteiger partial charge in [-0.3, -0.25) is 9.59 Å². The summed E-state index contributed by atoms with van der Waals surface area (Å²) in [6.45, 7) is 4.05. The van der Waals surface area contributed by atoms with E-state index in [1.54, 1.807) is 6.92 Å². The Hall–Kier alpha value is -2.11. The van der Waals surface area contributed by atoms with Crippen molar-refractivity contribution in [1.29, 1.82) is 0 Å². The first-order valence-electron chi connectivity index (χ1n) is 8.18. The molecule has 0 radical (unpaired) electrons. The summed E-state index contributed by atoms with van der Waals surface area (Å²) in [7, 11) is 2.47. The molecule has 24 heavy (non-hydrogen) atoms. The minimum absolute atomic E-state index is 0.0701. The minimum atomic E-state index is -1.45. The first-order valence-corrected chi connectivity index (χ1v) is 8.18. The van der Waals surface area contributed by atoms with Crippen molar-refractivity contribution in [3.8, 4) is 0 Å². The van der Waals surface area contributed by atoms with Crippen LogP contribution in [0.15, 0.2) is 23.3 Å². The van der Waals surface area contributed by atoms with E-state index in [2.05, 4.69) is 6.92 Å². The quantitative estimate of drug-likeness (QED) is 0.307. The number of esters is 3. The monoisotopic (exact) mass is 338 g/mol. The van der Waals surface area contributed by atoms with Crippen LogP contribution in [0.25, 0.3) is 0 Å². The average Bonchev–Trinajstić information content (AvgIpc) is 2.59. The Labute approximate surface area is 142 Å². The van der Waals surface area contributed by atoms with Crippen molar-refractivity contribution in [2.24, 2.45) is 5.41 Å². The van der Waals surface area contributed by atoms with Gasteiger partial charge in [0.2, 0.25) is 0 Å². The third-order valence-corrected chi connectivity index (χ3v) is 4.13. The molecule has 0 amide bonds. The molecule has 0 unspecified atom stereocenters. The van der Waals surface area contributed by atoms with Gasteiger partial charge in [-0.05, 0) is 37.3 Å². The summed E-state index contributed by atoms with van der Waals surface area (Å²) in [4.78, 5) is 36.4. The van der Waals surface area contributed by atoms with Crippen LogP contribution in [-0.4, -0.2) is 38.7 Å². The first-order chi connectivity index (χ1) is 11.4. The summed E-state index contributed by atoms with van der Waals surface area (Å²) in [5.74, 6) is -1.80. The Bertz CT molecular complexity index is 528. The van der Waals surface area contributed by atoms with E-state index >= 15 is 0 Å². The van der Waals surface area contributed by atoms with Crippen LogP contribution in [0.5, 0.6) is 0 Å². The molecule has 6 nitrogen and oxygen atoms in total. The second kappa shape index (κ2) is 9.25. The highest BCUT2D eigenvalue weighted by Gasteiger charge is 2.50. The van der Waals surface area contributed by atoms with Crippen molar-refractivity contribution in [2.45, 2.75) is 46.0 Å². The van der Waals surface area contributed by atoms with Crippen molar-refractivity contribution < 1.29 is 28.6 Å². The van der Waals surface area contributed by atoms with E-state index in [1.807, 2.05) is 6.08 Å². The number of rotatable bonds is 7. The maximum Gasteiger partial charge on any atom is 0.331 e. The lowest BCUT2D eigenvalue weighted by Crippen LogP contribution is -2.43. The van der Waals surface area contributed by atoms with Gasteiger partial charge in [0, 0.05) is 12.5 Å². The maximum atomic E-state index is 12.3. The molecule has 0 aliphatic heterocycles. The third-order valence-electron chi connectivity index (χ3n) is 4.13.